The Bertz CT molecular complexity index is 1030. The van der Waals surface area contributed by atoms with Gasteiger partial charge in [-0.05, 0) is 54.1 Å². The van der Waals surface area contributed by atoms with E-state index in [1.165, 1.54) is 26.4 Å². The van der Waals surface area contributed by atoms with Gasteiger partial charge in [-0.25, -0.2) is 9.63 Å². The van der Waals surface area contributed by atoms with Gasteiger partial charge in [0.25, 0.3) is 4.92 Å². The number of nitrogens with zero attached hydrogens (tertiary/aromatic N) is 1. The maximum Gasteiger partial charge on any atom is 0.345 e. The predicted octanol–water partition coefficient (Wildman–Crippen LogP) is 5.47. The molecule has 154 valence electrons. The third-order valence-corrected chi connectivity index (χ3v) is 4.37. The zero-order valence-electron chi connectivity index (χ0n) is 16.3. The van der Waals surface area contributed by atoms with Gasteiger partial charge < -0.3 is 14.2 Å². The second kappa shape index (κ2) is 9.76. The molecule has 0 heterocycles. The summed E-state index contributed by atoms with van der Waals surface area (Å²) in [6, 6.07) is 18.8. The van der Waals surface area contributed by atoms with Crippen molar-refractivity contribution in [1.29, 1.82) is 0 Å². The Morgan fingerprint density at radius 3 is 2.17 bits per heavy atom. The minimum atomic E-state index is -0.656. The molecule has 0 amide bonds. The van der Waals surface area contributed by atoms with Crippen LogP contribution < -0.4 is 9.47 Å². The van der Waals surface area contributed by atoms with Crippen LogP contribution in [0.15, 0.2) is 66.7 Å². The van der Waals surface area contributed by atoms with Gasteiger partial charge in [0.2, 0.25) is 0 Å². The first kappa shape index (κ1) is 21.1. The molecule has 0 radical (unpaired) electrons. The molecule has 0 unspecified atom stereocenters. The molecule has 0 spiro atoms. The molecule has 0 aromatic heterocycles. The lowest BCUT2D eigenvalue weighted by Crippen LogP contribution is -2.08. The number of hydrogen-bond acceptors (Lipinski definition) is 6. The van der Waals surface area contributed by atoms with Crippen LogP contribution in [0.4, 0.5) is 5.69 Å². The van der Waals surface area contributed by atoms with Gasteiger partial charge in [-0.15, -0.1) is 0 Å². The summed E-state index contributed by atoms with van der Waals surface area (Å²) in [6.45, 7) is 0.409. The normalized spacial score (nSPS) is 10.2. The monoisotopic (exact) mass is 428 g/mol. The van der Waals surface area contributed by atoms with Gasteiger partial charge in [-0.3, -0.25) is 0 Å². The highest BCUT2D eigenvalue weighted by molar-refractivity contribution is 6.30. The quantitative estimate of drug-likeness (QED) is 0.350. The van der Waals surface area contributed by atoms with Crippen molar-refractivity contribution in [3.8, 4) is 17.2 Å². The molecule has 0 aliphatic heterocycles. The Kier molecular flexibility index (Phi) is 6.87. The molecule has 0 N–H and O–H groups in total. The van der Waals surface area contributed by atoms with Crippen LogP contribution >= 0.6 is 11.6 Å². The summed E-state index contributed by atoms with van der Waals surface area (Å²) in [5.74, 6) is 0.895. The summed E-state index contributed by atoms with van der Waals surface area (Å²) in [6.07, 6.45) is 0. The van der Waals surface area contributed by atoms with Crippen molar-refractivity contribution in [3.63, 3.8) is 0 Å². The topological polar surface area (TPSA) is 74.1 Å². The van der Waals surface area contributed by atoms with Gasteiger partial charge in [0.05, 0.1) is 18.1 Å². The van der Waals surface area contributed by atoms with Crippen LogP contribution in [0.25, 0.3) is 0 Å². The molecule has 0 bridgehead atoms. The van der Waals surface area contributed by atoms with Gasteiger partial charge in [0.15, 0.2) is 7.11 Å². The van der Waals surface area contributed by atoms with Crippen LogP contribution in [-0.4, -0.2) is 25.1 Å². The van der Waals surface area contributed by atoms with E-state index < -0.39 is 5.97 Å². The summed E-state index contributed by atoms with van der Waals surface area (Å²) >= 11 is 5.87. The summed E-state index contributed by atoms with van der Waals surface area (Å²) in [5, 5.41) is 0.675. The number of hydrogen-bond donors (Lipinski definition) is 0. The summed E-state index contributed by atoms with van der Waals surface area (Å²) in [4.78, 5) is 28.6. The van der Waals surface area contributed by atoms with Crippen LogP contribution in [-0.2, 0) is 16.2 Å². The van der Waals surface area contributed by atoms with Gasteiger partial charge in [-0.2, -0.15) is 0 Å². The molecule has 30 heavy (non-hydrogen) atoms. The summed E-state index contributed by atoms with van der Waals surface area (Å²) in [5.41, 5.74) is 1.04. The zero-order valence-corrected chi connectivity index (χ0v) is 17.1. The maximum absolute atomic E-state index is 11.9. The Morgan fingerprint density at radius 1 is 0.900 bits per heavy atom. The van der Waals surface area contributed by atoms with Crippen LogP contribution in [0, 0.1) is 4.91 Å². The van der Waals surface area contributed by atoms with E-state index in [9.17, 15) is 9.70 Å². The molecule has 0 saturated carbocycles. The molecule has 3 aromatic carbocycles. The molecule has 7 nitrogen and oxygen atoms in total. The van der Waals surface area contributed by atoms with Crippen LogP contribution in [0.3, 0.4) is 0 Å². The first-order chi connectivity index (χ1) is 14.5. The first-order valence-electron chi connectivity index (χ1n) is 8.89. The standard InChI is InChI=1S/C22H19ClNO6/c1-27-22(25)20-12-11-19(13-21(20)24(26)28-2)30-18-9-7-17(8-10-18)29-14-15-3-5-16(23)6-4-15/h3-13H,14H2,1-2H3/q+1. The van der Waals surface area contributed by atoms with E-state index >= 15 is 0 Å². The number of rotatable bonds is 8. The number of esters is 1. The molecular weight excluding hydrogens is 410 g/mol. The van der Waals surface area contributed by atoms with Crippen molar-refractivity contribution < 1.29 is 28.8 Å². The minimum absolute atomic E-state index is 0.0234. The molecule has 3 rings (SSSR count). The number of halogens is 1. The number of methoxy groups -OCH3 is 1. The van der Waals surface area contributed by atoms with Crippen molar-refractivity contribution >= 4 is 23.3 Å². The number of ether oxygens (including phenoxy) is 3. The third kappa shape index (κ3) is 5.27. The van der Waals surface area contributed by atoms with E-state index in [0.717, 1.165) is 5.56 Å². The van der Waals surface area contributed by atoms with E-state index in [4.69, 9.17) is 21.1 Å². The molecule has 0 aliphatic rings. The second-order valence-corrected chi connectivity index (χ2v) is 6.54. The SMILES string of the molecule is COC(=O)c1ccc(Oc2ccc(OCc3ccc(Cl)cc3)cc2)cc1[N+](=O)OC. The molecule has 0 atom stereocenters. The fraction of sp³-hybridized carbons (Fsp3) is 0.136. The highest BCUT2D eigenvalue weighted by Crippen LogP contribution is 2.30. The van der Waals surface area contributed by atoms with Gasteiger partial charge in [-0.1, -0.05) is 23.7 Å². The molecule has 0 saturated heterocycles. The lowest BCUT2D eigenvalue weighted by Gasteiger charge is -2.09. The van der Waals surface area contributed by atoms with E-state index in [-0.39, 0.29) is 16.2 Å². The predicted molar refractivity (Wildman–Crippen MR) is 110 cm³/mol. The minimum Gasteiger partial charge on any atom is -0.489 e. The first-order valence-corrected chi connectivity index (χ1v) is 9.27. The number of carbonyl (C=O) groups excluding carboxylic acids is 1. The van der Waals surface area contributed by atoms with Crippen molar-refractivity contribution in [2.45, 2.75) is 6.61 Å². The van der Waals surface area contributed by atoms with Crippen molar-refractivity contribution in [1.82, 2.24) is 0 Å². The average Bonchev–Trinajstić information content (AvgIpc) is 2.78. The Hall–Kier alpha value is -3.58. The van der Waals surface area contributed by atoms with Crippen molar-refractivity contribution in [2.75, 3.05) is 14.2 Å². The van der Waals surface area contributed by atoms with Crippen LogP contribution in [0.2, 0.25) is 5.02 Å². The lowest BCUT2D eigenvalue weighted by atomic mass is 10.1. The van der Waals surface area contributed by atoms with Gasteiger partial charge in [0.1, 0.15) is 29.4 Å². The number of benzene rings is 3. The molecular formula is C22H19ClNO6+. The van der Waals surface area contributed by atoms with Crippen molar-refractivity contribution in [3.05, 3.63) is 87.8 Å². The second-order valence-electron chi connectivity index (χ2n) is 6.10. The molecule has 0 aliphatic carbocycles. The summed E-state index contributed by atoms with van der Waals surface area (Å²) < 4.78 is 16.2. The smallest absolute Gasteiger partial charge is 0.345 e. The molecule has 8 heteroatoms. The molecule has 0 fully saturated rings. The van der Waals surface area contributed by atoms with Gasteiger partial charge in [0, 0.05) is 5.02 Å². The average molecular weight is 429 g/mol. The summed E-state index contributed by atoms with van der Waals surface area (Å²) in [7, 11) is 2.43. The van der Waals surface area contributed by atoms with E-state index in [1.54, 1.807) is 30.3 Å². The Balaban J connectivity index is 1.69. The van der Waals surface area contributed by atoms with Gasteiger partial charge >= 0.3 is 11.7 Å². The highest BCUT2D eigenvalue weighted by Gasteiger charge is 2.27. The van der Waals surface area contributed by atoms with E-state index in [1.807, 2.05) is 24.3 Å². The van der Waals surface area contributed by atoms with Crippen LogP contribution in [0.1, 0.15) is 15.9 Å². The van der Waals surface area contributed by atoms with E-state index in [2.05, 4.69) is 9.57 Å². The fourth-order valence-electron chi connectivity index (χ4n) is 2.59. The largest absolute Gasteiger partial charge is 0.489 e. The fourth-order valence-corrected chi connectivity index (χ4v) is 2.72. The van der Waals surface area contributed by atoms with Crippen molar-refractivity contribution in [2.24, 2.45) is 0 Å². The highest BCUT2D eigenvalue weighted by atomic mass is 35.5. The molecule has 3 aromatic rings. The maximum atomic E-state index is 11.9. The Labute approximate surface area is 178 Å². The van der Waals surface area contributed by atoms with E-state index in [0.29, 0.717) is 28.9 Å². The number of carbonyl (C=O) groups is 1. The Morgan fingerprint density at radius 2 is 1.53 bits per heavy atom. The lowest BCUT2D eigenvalue weighted by molar-refractivity contribution is -0.736. The van der Waals surface area contributed by atoms with Crippen LogP contribution in [0.5, 0.6) is 17.2 Å². The third-order valence-electron chi connectivity index (χ3n) is 4.12. The zero-order chi connectivity index (χ0) is 21.5.